The molecule has 1 aliphatic heterocycles. The van der Waals surface area contributed by atoms with Crippen LogP contribution in [0, 0.1) is 0 Å². The van der Waals surface area contributed by atoms with Gasteiger partial charge >= 0.3 is 11.9 Å². The van der Waals surface area contributed by atoms with Gasteiger partial charge in [-0.25, -0.2) is 14.6 Å². The molecule has 0 bridgehead atoms. The molecule has 0 amide bonds. The minimum atomic E-state index is -0.811. The Kier molecular flexibility index (Phi) is 9.10. The van der Waals surface area contributed by atoms with Crippen LogP contribution >= 0.6 is 11.3 Å². The molecule has 44 heavy (non-hydrogen) atoms. The summed E-state index contributed by atoms with van der Waals surface area (Å²) in [6, 6.07) is 21.1. The molecule has 0 fully saturated rings. The summed E-state index contributed by atoms with van der Waals surface area (Å²) in [7, 11) is 2.87. The number of carbonyl (C=O) groups is 2. The highest BCUT2D eigenvalue weighted by molar-refractivity contribution is 7.07. The molecule has 5 rings (SSSR count). The standard InChI is InChI=1S/C34H32N2O7S/c1-20(2)43-33(39)29-21(3)35-34-36(30(29)24-12-14-25(15-13-24)32(38)41-5)31(37)28(44-34)18-23-11-16-26(27(17-23)40-4)42-19-22-9-7-6-8-10-22/h6-18,20,30H,19H2,1-5H3. The van der Waals surface area contributed by atoms with Crippen LogP contribution in [-0.2, 0) is 20.9 Å². The van der Waals surface area contributed by atoms with Crippen LogP contribution in [-0.4, -0.2) is 36.8 Å². The fourth-order valence-corrected chi connectivity index (χ4v) is 5.92. The lowest BCUT2D eigenvalue weighted by atomic mass is 9.95. The second-order valence-electron chi connectivity index (χ2n) is 10.3. The van der Waals surface area contributed by atoms with Crippen molar-refractivity contribution in [3.63, 3.8) is 0 Å². The van der Waals surface area contributed by atoms with Gasteiger partial charge in [-0.05, 0) is 67.8 Å². The average Bonchev–Trinajstić information content (AvgIpc) is 3.33. The molecule has 2 heterocycles. The number of nitrogens with zero attached hydrogens (tertiary/aromatic N) is 2. The lowest BCUT2D eigenvalue weighted by Crippen LogP contribution is -2.40. The number of ether oxygens (including phenoxy) is 4. The number of hydrogen-bond donors (Lipinski definition) is 0. The largest absolute Gasteiger partial charge is 0.493 e. The van der Waals surface area contributed by atoms with E-state index in [1.165, 1.54) is 23.0 Å². The van der Waals surface area contributed by atoms with Crippen LogP contribution in [0.4, 0.5) is 0 Å². The van der Waals surface area contributed by atoms with Crippen molar-refractivity contribution in [1.82, 2.24) is 4.57 Å². The number of carbonyl (C=O) groups excluding carboxylic acids is 2. The summed E-state index contributed by atoms with van der Waals surface area (Å²) in [5.41, 5.74) is 3.12. The molecule has 0 radical (unpaired) electrons. The number of fused-ring (bicyclic) bond motifs is 1. The van der Waals surface area contributed by atoms with Gasteiger partial charge in [0.15, 0.2) is 16.3 Å². The zero-order valence-corrected chi connectivity index (χ0v) is 25.8. The number of rotatable bonds is 9. The fraction of sp³-hybridized carbons (Fsp3) is 0.235. The fourth-order valence-electron chi connectivity index (χ4n) is 4.87. The smallest absolute Gasteiger partial charge is 0.338 e. The predicted molar refractivity (Wildman–Crippen MR) is 167 cm³/mol. The van der Waals surface area contributed by atoms with E-state index in [1.54, 1.807) is 70.4 Å². The Labute approximate surface area is 258 Å². The molecule has 0 spiro atoms. The molecule has 9 nitrogen and oxygen atoms in total. The van der Waals surface area contributed by atoms with Crippen molar-refractivity contribution in [3.8, 4) is 11.5 Å². The van der Waals surface area contributed by atoms with Crippen LogP contribution in [0.25, 0.3) is 6.08 Å². The third kappa shape index (κ3) is 6.35. The van der Waals surface area contributed by atoms with Gasteiger partial charge < -0.3 is 18.9 Å². The van der Waals surface area contributed by atoms with Gasteiger partial charge in [-0.3, -0.25) is 9.36 Å². The first-order valence-corrected chi connectivity index (χ1v) is 14.8. The van der Waals surface area contributed by atoms with Crippen molar-refractivity contribution in [2.24, 2.45) is 4.99 Å². The summed E-state index contributed by atoms with van der Waals surface area (Å²) in [6.07, 6.45) is 1.39. The first-order chi connectivity index (χ1) is 21.2. The minimum absolute atomic E-state index is 0.255. The van der Waals surface area contributed by atoms with E-state index in [0.717, 1.165) is 11.1 Å². The Balaban J connectivity index is 1.56. The van der Waals surface area contributed by atoms with Crippen LogP contribution in [0.3, 0.4) is 0 Å². The molecule has 226 valence electrons. The monoisotopic (exact) mass is 612 g/mol. The van der Waals surface area contributed by atoms with E-state index in [-0.39, 0.29) is 17.2 Å². The molecule has 0 saturated heterocycles. The van der Waals surface area contributed by atoms with Crippen LogP contribution in [0.1, 0.15) is 53.9 Å². The first-order valence-electron chi connectivity index (χ1n) is 14.0. The number of thiazole rings is 1. The second kappa shape index (κ2) is 13.1. The van der Waals surface area contributed by atoms with E-state index in [0.29, 0.717) is 44.3 Å². The van der Waals surface area contributed by atoms with Gasteiger partial charge in [-0.2, -0.15) is 0 Å². The minimum Gasteiger partial charge on any atom is -0.493 e. The van der Waals surface area contributed by atoms with Crippen molar-refractivity contribution in [3.05, 3.63) is 126 Å². The molecule has 1 unspecified atom stereocenters. The third-order valence-electron chi connectivity index (χ3n) is 6.95. The molecule has 1 aromatic heterocycles. The van der Waals surface area contributed by atoms with E-state index in [4.69, 9.17) is 18.9 Å². The Bertz CT molecular complexity index is 1910. The molecule has 1 aliphatic rings. The molecular weight excluding hydrogens is 580 g/mol. The van der Waals surface area contributed by atoms with E-state index in [1.807, 2.05) is 36.4 Å². The van der Waals surface area contributed by atoms with Crippen molar-refractivity contribution in [2.75, 3.05) is 14.2 Å². The average molecular weight is 613 g/mol. The normalized spacial score (nSPS) is 14.6. The van der Waals surface area contributed by atoms with Crippen LogP contribution in [0.5, 0.6) is 11.5 Å². The van der Waals surface area contributed by atoms with Crippen molar-refractivity contribution in [1.29, 1.82) is 0 Å². The molecule has 1 atom stereocenters. The zero-order chi connectivity index (χ0) is 31.4. The van der Waals surface area contributed by atoms with Gasteiger partial charge in [-0.1, -0.05) is 59.9 Å². The van der Waals surface area contributed by atoms with Crippen LogP contribution in [0.15, 0.2) is 93.9 Å². The second-order valence-corrected chi connectivity index (χ2v) is 11.3. The summed E-state index contributed by atoms with van der Waals surface area (Å²) >= 11 is 1.22. The highest BCUT2D eigenvalue weighted by atomic mass is 32.1. The molecule has 3 aromatic carbocycles. The molecule has 0 aliphatic carbocycles. The highest BCUT2D eigenvalue weighted by Crippen LogP contribution is 2.32. The Morgan fingerprint density at radius 3 is 2.36 bits per heavy atom. The number of esters is 2. The Morgan fingerprint density at radius 1 is 0.977 bits per heavy atom. The van der Waals surface area contributed by atoms with Crippen LogP contribution in [0.2, 0.25) is 0 Å². The molecular formula is C34H32N2O7S. The van der Waals surface area contributed by atoms with Gasteiger partial charge in [0.1, 0.15) is 6.61 Å². The summed E-state index contributed by atoms with van der Waals surface area (Å²) in [4.78, 5) is 44.4. The lowest BCUT2D eigenvalue weighted by molar-refractivity contribution is -0.143. The number of hydrogen-bond acceptors (Lipinski definition) is 9. The van der Waals surface area contributed by atoms with E-state index in [2.05, 4.69) is 4.99 Å². The maximum Gasteiger partial charge on any atom is 0.338 e. The molecule has 0 N–H and O–H groups in total. The number of aromatic nitrogens is 1. The van der Waals surface area contributed by atoms with Gasteiger partial charge in [0.25, 0.3) is 5.56 Å². The Morgan fingerprint density at radius 2 is 1.70 bits per heavy atom. The third-order valence-corrected chi connectivity index (χ3v) is 7.94. The van der Waals surface area contributed by atoms with Gasteiger partial charge in [-0.15, -0.1) is 0 Å². The summed E-state index contributed by atoms with van der Waals surface area (Å²) < 4.78 is 23.9. The lowest BCUT2D eigenvalue weighted by Gasteiger charge is -2.25. The number of benzene rings is 3. The molecule has 10 heteroatoms. The number of methoxy groups -OCH3 is 2. The van der Waals surface area contributed by atoms with E-state index >= 15 is 0 Å². The predicted octanol–water partition coefficient (Wildman–Crippen LogP) is 4.56. The van der Waals surface area contributed by atoms with Gasteiger partial charge in [0.05, 0.1) is 47.7 Å². The van der Waals surface area contributed by atoms with Crippen LogP contribution < -0.4 is 24.4 Å². The van der Waals surface area contributed by atoms with Crippen molar-refractivity contribution < 1.29 is 28.5 Å². The van der Waals surface area contributed by atoms with Crippen molar-refractivity contribution >= 4 is 29.4 Å². The first kappa shape index (κ1) is 30.5. The maximum atomic E-state index is 14.0. The van der Waals surface area contributed by atoms with Gasteiger partial charge in [0.2, 0.25) is 0 Å². The Hall–Kier alpha value is -4.96. The number of allylic oxidation sites excluding steroid dienone is 1. The summed E-state index contributed by atoms with van der Waals surface area (Å²) in [6.45, 7) is 5.63. The topological polar surface area (TPSA) is 105 Å². The van der Waals surface area contributed by atoms with Gasteiger partial charge in [0, 0.05) is 0 Å². The quantitative estimate of drug-likeness (QED) is 0.255. The summed E-state index contributed by atoms with van der Waals surface area (Å²) in [5, 5.41) is 0. The molecule has 4 aromatic rings. The van der Waals surface area contributed by atoms with E-state index < -0.39 is 18.0 Å². The van der Waals surface area contributed by atoms with E-state index in [9.17, 15) is 14.4 Å². The zero-order valence-electron chi connectivity index (χ0n) is 25.0. The molecule has 0 saturated carbocycles. The highest BCUT2D eigenvalue weighted by Gasteiger charge is 2.34. The summed E-state index contributed by atoms with van der Waals surface area (Å²) in [5.74, 6) is 0.0573. The van der Waals surface area contributed by atoms with Crippen molar-refractivity contribution in [2.45, 2.75) is 39.5 Å². The SMILES string of the molecule is COC(=O)c1ccc(C2C(C(=O)OC(C)C)=C(C)N=c3sc(=Cc4ccc(OCc5ccccc5)c(OC)c4)c(=O)n32)cc1. The maximum absolute atomic E-state index is 14.0.